The van der Waals surface area contributed by atoms with Gasteiger partial charge in [-0.05, 0) is 124 Å². The summed E-state index contributed by atoms with van der Waals surface area (Å²) in [5, 5.41) is 7.68. The molecule has 0 saturated carbocycles. The van der Waals surface area contributed by atoms with E-state index < -0.39 is 0 Å². The van der Waals surface area contributed by atoms with Crippen molar-refractivity contribution in [3.63, 3.8) is 0 Å². The summed E-state index contributed by atoms with van der Waals surface area (Å²) in [6.07, 6.45) is 0. The molecule has 290 valence electrons. The predicted octanol–water partition coefficient (Wildman–Crippen LogP) is 15.1. The Morgan fingerprint density at radius 2 is 0.492 bits per heavy atom. The van der Waals surface area contributed by atoms with Gasteiger partial charge >= 0.3 is 0 Å². The van der Waals surface area contributed by atoms with Gasteiger partial charge in [0, 0.05) is 104 Å². The van der Waals surface area contributed by atoms with Gasteiger partial charge in [0.2, 0.25) is 0 Å². The maximum atomic E-state index is 2.37. The molecule has 0 N–H and O–H groups in total. The number of anilines is 3. The maximum absolute atomic E-state index is 2.37. The van der Waals surface area contributed by atoms with Crippen molar-refractivity contribution in [2.24, 2.45) is 21.1 Å². The molecule has 0 fully saturated rings. The van der Waals surface area contributed by atoms with Crippen LogP contribution in [0.1, 0.15) is 0 Å². The summed E-state index contributed by atoms with van der Waals surface area (Å²) in [6.45, 7) is 0. The third kappa shape index (κ3) is 5.53. The van der Waals surface area contributed by atoms with Crippen LogP contribution in [-0.4, -0.2) is 13.7 Å². The number of nitrogens with zero attached hydrogens (tertiary/aromatic N) is 4. The normalized spacial score (nSPS) is 11.9. The predicted molar refractivity (Wildman–Crippen MR) is 259 cm³/mol. The third-order valence-corrected chi connectivity index (χ3v) is 13.1. The highest BCUT2D eigenvalue weighted by atomic mass is 15.1. The van der Waals surface area contributed by atoms with Crippen LogP contribution in [0.15, 0.2) is 200 Å². The number of para-hydroxylation sites is 3. The van der Waals surface area contributed by atoms with E-state index in [1.165, 1.54) is 98.8 Å². The zero-order valence-corrected chi connectivity index (χ0v) is 34.3. The smallest absolute Gasteiger partial charge is 0.0489 e. The topological polar surface area (TPSA) is 18.0 Å². The number of rotatable bonds is 6. The zero-order chi connectivity index (χ0) is 40.8. The lowest BCUT2D eigenvalue weighted by Gasteiger charge is -2.26. The minimum Gasteiger partial charge on any atom is -0.344 e. The van der Waals surface area contributed by atoms with Crippen molar-refractivity contribution >= 4 is 82.5 Å². The lowest BCUT2D eigenvalue weighted by Crippen LogP contribution is -2.09. The fourth-order valence-corrected chi connectivity index (χ4v) is 9.90. The van der Waals surface area contributed by atoms with Crippen LogP contribution in [0.4, 0.5) is 17.1 Å². The molecule has 0 aliphatic heterocycles. The van der Waals surface area contributed by atoms with E-state index in [1.54, 1.807) is 0 Å². The van der Waals surface area contributed by atoms with Crippen molar-refractivity contribution < 1.29 is 0 Å². The Bertz CT molecular complexity index is 3270. The molecule has 0 unspecified atom stereocenters. The molecule has 12 rings (SSSR count). The van der Waals surface area contributed by atoms with Gasteiger partial charge in [0.05, 0.1) is 0 Å². The summed E-state index contributed by atoms with van der Waals surface area (Å²) in [6, 6.07) is 73.6. The highest BCUT2D eigenvalue weighted by molar-refractivity contribution is 6.11. The van der Waals surface area contributed by atoms with Crippen molar-refractivity contribution in [1.82, 2.24) is 13.7 Å². The van der Waals surface area contributed by atoms with Crippen LogP contribution in [-0.2, 0) is 21.1 Å². The maximum Gasteiger partial charge on any atom is 0.0489 e. The second-order valence-corrected chi connectivity index (χ2v) is 16.4. The molecule has 12 aromatic rings. The van der Waals surface area contributed by atoms with Crippen LogP contribution < -0.4 is 4.90 Å². The van der Waals surface area contributed by atoms with Crippen LogP contribution in [0.5, 0.6) is 0 Å². The van der Waals surface area contributed by atoms with E-state index in [2.05, 4.69) is 240 Å². The molecule has 0 aliphatic rings. The van der Waals surface area contributed by atoms with Gasteiger partial charge in [0.25, 0.3) is 0 Å². The van der Waals surface area contributed by atoms with Crippen molar-refractivity contribution in [3.8, 4) is 33.4 Å². The van der Waals surface area contributed by atoms with E-state index in [0.29, 0.717) is 0 Å². The van der Waals surface area contributed by atoms with Gasteiger partial charge in [-0.2, -0.15) is 0 Å². The Kier molecular flexibility index (Phi) is 7.85. The third-order valence-electron chi connectivity index (χ3n) is 13.1. The van der Waals surface area contributed by atoms with Crippen LogP contribution in [0.3, 0.4) is 0 Å². The summed E-state index contributed by atoms with van der Waals surface area (Å²) >= 11 is 0. The number of hydrogen-bond acceptors (Lipinski definition) is 1. The summed E-state index contributed by atoms with van der Waals surface area (Å²) in [5.41, 5.74) is 18.0. The van der Waals surface area contributed by atoms with E-state index >= 15 is 0 Å². The molecule has 0 aliphatic carbocycles. The number of fused-ring (bicyclic) bond motifs is 9. The SMILES string of the molecule is Cn1c2ccccc2c2cc(-c3ccc(N(c4ccc(-c5ccc6c(c5)c5ccccc5n6C)cc4)c4ccc(-c5ccc6c(c5)c5ccccc5n6C)cc4)cc3)ccc21. The van der Waals surface area contributed by atoms with Gasteiger partial charge in [0.15, 0.2) is 0 Å². The highest BCUT2D eigenvalue weighted by Gasteiger charge is 2.17. The van der Waals surface area contributed by atoms with E-state index in [-0.39, 0.29) is 0 Å². The monoisotopic (exact) mass is 782 g/mol. The number of aryl methyl sites for hydroxylation is 3. The zero-order valence-electron chi connectivity index (χ0n) is 34.3. The molecule has 0 amide bonds. The molecular formula is C57H42N4. The molecule has 4 nitrogen and oxygen atoms in total. The van der Waals surface area contributed by atoms with E-state index in [1.807, 2.05) is 0 Å². The first-order chi connectivity index (χ1) is 30.0. The molecule has 4 heteroatoms. The minimum absolute atomic E-state index is 1.10. The fraction of sp³-hybridized carbons (Fsp3) is 0.0526. The van der Waals surface area contributed by atoms with Gasteiger partial charge in [-0.15, -0.1) is 0 Å². The molecule has 0 radical (unpaired) electrons. The van der Waals surface area contributed by atoms with Gasteiger partial charge in [-0.25, -0.2) is 0 Å². The second kappa shape index (κ2) is 13.6. The number of aromatic nitrogens is 3. The molecule has 9 aromatic carbocycles. The molecule has 3 heterocycles. The van der Waals surface area contributed by atoms with Crippen LogP contribution >= 0.6 is 0 Å². The Morgan fingerprint density at radius 3 is 0.787 bits per heavy atom. The quantitative estimate of drug-likeness (QED) is 0.164. The van der Waals surface area contributed by atoms with E-state index in [4.69, 9.17) is 0 Å². The first-order valence-electron chi connectivity index (χ1n) is 21.0. The van der Waals surface area contributed by atoms with Gasteiger partial charge in [-0.1, -0.05) is 109 Å². The molecule has 3 aromatic heterocycles. The molecule has 0 saturated heterocycles. The average molecular weight is 783 g/mol. The van der Waals surface area contributed by atoms with Gasteiger partial charge in [-0.3, -0.25) is 0 Å². The summed E-state index contributed by atoms with van der Waals surface area (Å²) < 4.78 is 6.86. The van der Waals surface area contributed by atoms with Gasteiger partial charge < -0.3 is 18.6 Å². The van der Waals surface area contributed by atoms with Crippen LogP contribution in [0, 0.1) is 0 Å². The number of hydrogen-bond donors (Lipinski definition) is 0. The van der Waals surface area contributed by atoms with Crippen LogP contribution in [0.25, 0.3) is 98.8 Å². The summed E-state index contributed by atoms with van der Waals surface area (Å²) in [7, 11) is 6.46. The van der Waals surface area contributed by atoms with Crippen molar-refractivity contribution in [2.45, 2.75) is 0 Å². The minimum atomic E-state index is 1.10. The largest absolute Gasteiger partial charge is 0.344 e. The molecule has 0 atom stereocenters. The summed E-state index contributed by atoms with van der Waals surface area (Å²) in [5.74, 6) is 0. The average Bonchev–Trinajstić information content (AvgIpc) is 3.90. The first kappa shape index (κ1) is 35.2. The Hall–Kier alpha value is -7.82. The lowest BCUT2D eigenvalue weighted by molar-refractivity contribution is 1.01. The second-order valence-electron chi connectivity index (χ2n) is 16.4. The van der Waals surface area contributed by atoms with Crippen molar-refractivity contribution in [1.29, 1.82) is 0 Å². The first-order valence-corrected chi connectivity index (χ1v) is 21.0. The Labute approximate surface area is 354 Å². The number of benzene rings is 9. The molecule has 0 spiro atoms. The Morgan fingerprint density at radius 1 is 0.246 bits per heavy atom. The lowest BCUT2D eigenvalue weighted by atomic mass is 10.0. The van der Waals surface area contributed by atoms with Crippen LogP contribution in [0.2, 0.25) is 0 Å². The van der Waals surface area contributed by atoms with Gasteiger partial charge in [0.1, 0.15) is 0 Å². The van der Waals surface area contributed by atoms with E-state index in [9.17, 15) is 0 Å². The van der Waals surface area contributed by atoms with Crippen molar-refractivity contribution in [2.75, 3.05) is 4.90 Å². The highest BCUT2D eigenvalue weighted by Crippen LogP contribution is 2.40. The molecular weight excluding hydrogens is 741 g/mol. The van der Waals surface area contributed by atoms with E-state index in [0.717, 1.165) is 17.1 Å². The molecule has 61 heavy (non-hydrogen) atoms. The fourth-order valence-electron chi connectivity index (χ4n) is 9.90. The van der Waals surface area contributed by atoms with Crippen molar-refractivity contribution in [3.05, 3.63) is 200 Å². The Balaban J connectivity index is 0.930. The standard InChI is InChI=1S/C57H42N4/c1-58-52-13-7-4-10-46(52)49-34-40(22-31-55(49)58)37-16-25-43(26-17-37)61(44-27-18-38(19-28-44)41-23-32-56-50(35-41)47-11-5-8-14-53(47)59(56)2)45-29-20-39(21-30-45)42-24-33-57-51(36-42)48-12-6-9-15-54(48)60(57)3/h4-36H,1-3H3. The summed E-state index contributed by atoms with van der Waals surface area (Å²) in [4.78, 5) is 2.37. The molecule has 0 bridgehead atoms.